The second-order valence-corrected chi connectivity index (χ2v) is 4.51. The van der Waals surface area contributed by atoms with E-state index in [2.05, 4.69) is 9.97 Å². The minimum atomic E-state index is -4.63. The smallest absolute Gasteiger partial charge is 0.289 e. The van der Waals surface area contributed by atoms with Crippen molar-refractivity contribution in [2.75, 3.05) is 0 Å². The first kappa shape index (κ1) is 14.2. The first-order valence-corrected chi connectivity index (χ1v) is 6.28. The summed E-state index contributed by atoms with van der Waals surface area (Å²) in [5, 5.41) is 0. The predicted molar refractivity (Wildman–Crippen MR) is 71.8 cm³/mol. The number of hydrogen-bond donors (Lipinski definition) is 0. The van der Waals surface area contributed by atoms with E-state index in [9.17, 15) is 17.6 Å². The van der Waals surface area contributed by atoms with Gasteiger partial charge in [-0.3, -0.25) is 9.55 Å². The highest BCUT2D eigenvalue weighted by molar-refractivity contribution is 5.62. The lowest BCUT2D eigenvalue weighted by Gasteiger charge is -2.14. The van der Waals surface area contributed by atoms with Gasteiger partial charge in [0.15, 0.2) is 0 Å². The van der Waals surface area contributed by atoms with E-state index in [0.717, 1.165) is 22.9 Å². The Hall–Kier alpha value is -2.70. The molecule has 3 aromatic rings. The summed E-state index contributed by atoms with van der Waals surface area (Å²) in [7, 11) is 0. The Kier molecular flexibility index (Phi) is 3.40. The molecule has 2 heterocycles. The second-order valence-electron chi connectivity index (χ2n) is 4.51. The van der Waals surface area contributed by atoms with E-state index in [-0.39, 0.29) is 11.4 Å². The van der Waals surface area contributed by atoms with Crippen molar-refractivity contribution >= 4 is 0 Å². The number of pyridine rings is 1. The largest absolute Gasteiger partial charge is 0.450 e. The van der Waals surface area contributed by atoms with Gasteiger partial charge in [0.05, 0.1) is 11.9 Å². The SMILES string of the molecule is Fc1ccc(-n2c(-c3ccncc3)cnc2C(F)(F)F)cc1. The van der Waals surface area contributed by atoms with Crippen LogP contribution in [0.2, 0.25) is 0 Å². The zero-order chi connectivity index (χ0) is 15.7. The van der Waals surface area contributed by atoms with Crippen LogP contribution in [-0.2, 0) is 6.18 Å². The van der Waals surface area contributed by atoms with Gasteiger partial charge >= 0.3 is 6.18 Å². The maximum Gasteiger partial charge on any atom is 0.450 e. The van der Waals surface area contributed by atoms with Crippen molar-refractivity contribution in [3.05, 3.63) is 66.6 Å². The van der Waals surface area contributed by atoms with E-state index in [4.69, 9.17) is 0 Å². The molecule has 0 spiro atoms. The van der Waals surface area contributed by atoms with Crippen molar-refractivity contribution in [2.45, 2.75) is 6.18 Å². The molecule has 0 fully saturated rings. The lowest BCUT2D eigenvalue weighted by Crippen LogP contribution is -2.14. The molecule has 0 unspecified atom stereocenters. The van der Waals surface area contributed by atoms with Crippen LogP contribution < -0.4 is 0 Å². The molecule has 0 radical (unpaired) electrons. The molecule has 0 aliphatic rings. The van der Waals surface area contributed by atoms with Crippen LogP contribution in [0.4, 0.5) is 17.6 Å². The summed E-state index contributed by atoms with van der Waals surface area (Å²) < 4.78 is 53.5. The molecule has 0 atom stereocenters. The van der Waals surface area contributed by atoms with E-state index < -0.39 is 17.8 Å². The lowest BCUT2D eigenvalue weighted by molar-refractivity contribution is -0.145. The fourth-order valence-electron chi connectivity index (χ4n) is 2.13. The van der Waals surface area contributed by atoms with Crippen molar-refractivity contribution in [1.29, 1.82) is 0 Å². The molecule has 22 heavy (non-hydrogen) atoms. The predicted octanol–water partition coefficient (Wildman–Crippen LogP) is 4.09. The molecule has 0 N–H and O–H groups in total. The van der Waals surface area contributed by atoms with Crippen LogP contribution in [0.15, 0.2) is 55.0 Å². The molecular formula is C15H9F4N3. The zero-order valence-corrected chi connectivity index (χ0v) is 11.0. The van der Waals surface area contributed by atoms with Gasteiger partial charge in [-0.1, -0.05) is 0 Å². The van der Waals surface area contributed by atoms with Crippen molar-refractivity contribution in [3.8, 4) is 16.9 Å². The van der Waals surface area contributed by atoms with Crippen molar-refractivity contribution in [3.63, 3.8) is 0 Å². The highest BCUT2D eigenvalue weighted by Crippen LogP contribution is 2.34. The van der Waals surface area contributed by atoms with Gasteiger partial charge in [0.1, 0.15) is 5.82 Å². The molecule has 7 heteroatoms. The Morgan fingerprint density at radius 2 is 1.55 bits per heavy atom. The Balaban J connectivity index is 2.24. The molecule has 0 aliphatic heterocycles. The topological polar surface area (TPSA) is 30.7 Å². The summed E-state index contributed by atoms with van der Waals surface area (Å²) >= 11 is 0. The van der Waals surface area contributed by atoms with Gasteiger partial charge in [-0.05, 0) is 36.4 Å². The number of aromatic nitrogens is 3. The zero-order valence-electron chi connectivity index (χ0n) is 11.0. The highest BCUT2D eigenvalue weighted by atomic mass is 19.4. The summed E-state index contributed by atoms with van der Waals surface area (Å²) in [6.07, 6.45) is -0.531. The van der Waals surface area contributed by atoms with Crippen LogP contribution >= 0.6 is 0 Å². The first-order valence-electron chi connectivity index (χ1n) is 6.28. The number of benzene rings is 1. The second kappa shape index (κ2) is 5.25. The molecule has 0 saturated carbocycles. The molecule has 0 amide bonds. The third-order valence-corrected chi connectivity index (χ3v) is 3.08. The monoisotopic (exact) mass is 307 g/mol. The van der Waals surface area contributed by atoms with E-state index >= 15 is 0 Å². The fraction of sp³-hybridized carbons (Fsp3) is 0.0667. The van der Waals surface area contributed by atoms with E-state index in [1.54, 1.807) is 12.1 Å². The number of imidazole rings is 1. The average Bonchev–Trinajstić information content (AvgIpc) is 2.94. The molecule has 3 rings (SSSR count). The van der Waals surface area contributed by atoms with Crippen molar-refractivity contribution in [2.24, 2.45) is 0 Å². The number of nitrogens with zero attached hydrogens (tertiary/aromatic N) is 3. The first-order chi connectivity index (χ1) is 10.5. The van der Waals surface area contributed by atoms with Gasteiger partial charge in [0.2, 0.25) is 5.82 Å². The molecule has 0 bridgehead atoms. The van der Waals surface area contributed by atoms with Gasteiger partial charge in [0, 0.05) is 23.6 Å². The number of hydrogen-bond acceptors (Lipinski definition) is 2. The Morgan fingerprint density at radius 3 is 2.14 bits per heavy atom. The standard InChI is InChI=1S/C15H9F4N3/c16-11-1-3-12(4-2-11)22-13(10-5-7-20-8-6-10)9-21-14(22)15(17,18)19/h1-9H. The van der Waals surface area contributed by atoms with Crippen molar-refractivity contribution < 1.29 is 17.6 Å². The van der Waals surface area contributed by atoms with Crippen LogP contribution in [0.3, 0.4) is 0 Å². The summed E-state index contributed by atoms with van der Waals surface area (Å²) in [4.78, 5) is 7.33. The number of rotatable bonds is 2. The van der Waals surface area contributed by atoms with E-state index in [0.29, 0.717) is 5.56 Å². The maximum absolute atomic E-state index is 13.2. The Bertz CT molecular complexity index is 777. The molecule has 0 saturated heterocycles. The fourth-order valence-corrected chi connectivity index (χ4v) is 2.13. The summed E-state index contributed by atoms with van der Waals surface area (Å²) in [6, 6.07) is 7.92. The molecular weight excluding hydrogens is 298 g/mol. The van der Waals surface area contributed by atoms with Gasteiger partial charge in [-0.2, -0.15) is 13.2 Å². The highest BCUT2D eigenvalue weighted by Gasteiger charge is 2.38. The summed E-state index contributed by atoms with van der Waals surface area (Å²) in [5.74, 6) is -1.59. The minimum absolute atomic E-state index is 0.179. The van der Waals surface area contributed by atoms with Gasteiger partial charge in [-0.25, -0.2) is 9.37 Å². The van der Waals surface area contributed by atoms with Crippen LogP contribution in [0.5, 0.6) is 0 Å². The van der Waals surface area contributed by atoms with E-state index in [1.165, 1.54) is 24.5 Å². The molecule has 112 valence electrons. The minimum Gasteiger partial charge on any atom is -0.289 e. The summed E-state index contributed by atoms with van der Waals surface area (Å²) in [5.41, 5.74) is 0.960. The molecule has 2 aromatic heterocycles. The number of alkyl halides is 3. The average molecular weight is 307 g/mol. The third kappa shape index (κ3) is 2.57. The molecule has 0 aliphatic carbocycles. The van der Waals surface area contributed by atoms with Crippen LogP contribution in [-0.4, -0.2) is 14.5 Å². The third-order valence-electron chi connectivity index (χ3n) is 3.08. The van der Waals surface area contributed by atoms with Crippen molar-refractivity contribution in [1.82, 2.24) is 14.5 Å². The molecule has 3 nitrogen and oxygen atoms in total. The summed E-state index contributed by atoms with van der Waals surface area (Å²) in [6.45, 7) is 0. The van der Waals surface area contributed by atoms with Gasteiger partial charge in [-0.15, -0.1) is 0 Å². The quantitative estimate of drug-likeness (QED) is 0.668. The normalized spacial score (nSPS) is 11.6. The van der Waals surface area contributed by atoms with Crippen LogP contribution in [0, 0.1) is 5.82 Å². The Morgan fingerprint density at radius 1 is 0.909 bits per heavy atom. The molecule has 1 aromatic carbocycles. The Labute approximate surface area is 122 Å². The van der Waals surface area contributed by atoms with Gasteiger partial charge in [0.25, 0.3) is 0 Å². The number of halogens is 4. The van der Waals surface area contributed by atoms with Gasteiger partial charge < -0.3 is 0 Å². The van der Waals surface area contributed by atoms with Crippen LogP contribution in [0.1, 0.15) is 5.82 Å². The lowest BCUT2D eigenvalue weighted by atomic mass is 10.2. The van der Waals surface area contributed by atoms with E-state index in [1.807, 2.05) is 0 Å². The maximum atomic E-state index is 13.2. The van der Waals surface area contributed by atoms with Crippen LogP contribution in [0.25, 0.3) is 16.9 Å².